The van der Waals surface area contributed by atoms with Crippen molar-refractivity contribution >= 4 is 40.6 Å². The molecule has 0 radical (unpaired) electrons. The van der Waals surface area contributed by atoms with Crippen LogP contribution in [0.1, 0.15) is 6.42 Å². The standard InChI is InChI=1S/C25H24N4O4S/c1-34-15-5-12-27-24(30)29-14-11-18-16-20(8-9-22(18)29)32-21-10-13-26-23(17-21)28-25(31)33-19-6-3-2-4-7-19/h2-4,6-11,13-14,16-17H,5,12,15H2,1H3,(H,27,30)(H,26,28,31). The van der Waals surface area contributed by atoms with Gasteiger partial charge in [-0.1, -0.05) is 18.2 Å². The second-order valence-corrected chi connectivity index (χ2v) is 8.28. The van der Waals surface area contributed by atoms with E-state index in [0.29, 0.717) is 29.6 Å². The van der Waals surface area contributed by atoms with E-state index in [0.717, 1.165) is 23.1 Å². The SMILES string of the molecule is CSCCCNC(=O)n1ccc2cc(Oc3ccnc(NC(=O)Oc4ccccc4)c3)ccc21. The molecule has 0 saturated heterocycles. The highest BCUT2D eigenvalue weighted by atomic mass is 32.2. The van der Waals surface area contributed by atoms with E-state index in [1.807, 2.05) is 30.5 Å². The summed E-state index contributed by atoms with van der Waals surface area (Å²) in [5.74, 6) is 2.82. The highest BCUT2D eigenvalue weighted by Crippen LogP contribution is 2.27. The summed E-state index contributed by atoms with van der Waals surface area (Å²) < 4.78 is 12.7. The summed E-state index contributed by atoms with van der Waals surface area (Å²) >= 11 is 1.76. The Balaban J connectivity index is 1.39. The minimum absolute atomic E-state index is 0.156. The number of carbonyl (C=O) groups excluding carboxylic acids is 2. The molecule has 0 unspecified atom stereocenters. The molecule has 4 aromatic rings. The van der Waals surface area contributed by atoms with Crippen LogP contribution >= 0.6 is 11.8 Å². The Labute approximate surface area is 201 Å². The van der Waals surface area contributed by atoms with Crippen molar-refractivity contribution in [1.82, 2.24) is 14.9 Å². The van der Waals surface area contributed by atoms with E-state index in [-0.39, 0.29) is 6.03 Å². The maximum absolute atomic E-state index is 12.5. The van der Waals surface area contributed by atoms with Crippen molar-refractivity contribution in [2.75, 3.05) is 23.9 Å². The van der Waals surface area contributed by atoms with Gasteiger partial charge in [0.05, 0.1) is 5.52 Å². The molecule has 2 aromatic heterocycles. The molecule has 2 aromatic carbocycles. The molecule has 4 rings (SSSR count). The van der Waals surface area contributed by atoms with E-state index < -0.39 is 6.09 Å². The van der Waals surface area contributed by atoms with Gasteiger partial charge >= 0.3 is 12.1 Å². The predicted octanol–water partition coefficient (Wildman–Crippen LogP) is 5.75. The predicted molar refractivity (Wildman–Crippen MR) is 134 cm³/mol. The summed E-state index contributed by atoms with van der Waals surface area (Å²) in [4.78, 5) is 28.7. The van der Waals surface area contributed by atoms with Crippen LogP contribution in [0.4, 0.5) is 15.4 Å². The van der Waals surface area contributed by atoms with Crippen LogP contribution in [0.25, 0.3) is 10.9 Å². The highest BCUT2D eigenvalue weighted by Gasteiger charge is 2.11. The molecule has 0 saturated carbocycles. The number of ether oxygens (including phenoxy) is 2. The third-order valence-corrected chi connectivity index (χ3v) is 5.53. The number of rotatable bonds is 8. The first-order chi connectivity index (χ1) is 16.6. The number of anilines is 1. The first kappa shape index (κ1) is 23.2. The van der Waals surface area contributed by atoms with Crippen LogP contribution < -0.4 is 20.1 Å². The van der Waals surface area contributed by atoms with Crippen LogP contribution in [0.15, 0.2) is 79.1 Å². The number of carbonyl (C=O) groups is 2. The van der Waals surface area contributed by atoms with E-state index in [1.165, 1.54) is 6.20 Å². The van der Waals surface area contributed by atoms with Crippen LogP contribution in [-0.2, 0) is 0 Å². The van der Waals surface area contributed by atoms with Crippen LogP contribution in [0.5, 0.6) is 17.2 Å². The summed E-state index contributed by atoms with van der Waals surface area (Å²) in [7, 11) is 0. The van der Waals surface area contributed by atoms with Gasteiger partial charge in [-0.05, 0) is 60.9 Å². The van der Waals surface area contributed by atoms with Crippen molar-refractivity contribution in [2.24, 2.45) is 0 Å². The van der Waals surface area contributed by atoms with Crippen LogP contribution in [-0.4, -0.2) is 40.2 Å². The molecule has 9 heteroatoms. The number of pyridine rings is 1. The van der Waals surface area contributed by atoms with Crippen molar-refractivity contribution in [3.8, 4) is 17.2 Å². The van der Waals surface area contributed by atoms with Gasteiger partial charge in [0.2, 0.25) is 0 Å². The maximum atomic E-state index is 12.5. The minimum atomic E-state index is -0.648. The Morgan fingerprint density at radius 3 is 2.65 bits per heavy atom. The molecule has 0 atom stereocenters. The van der Waals surface area contributed by atoms with Crippen LogP contribution in [0.3, 0.4) is 0 Å². The first-order valence-electron chi connectivity index (χ1n) is 10.7. The number of amides is 2. The van der Waals surface area contributed by atoms with E-state index in [1.54, 1.807) is 65.0 Å². The summed E-state index contributed by atoms with van der Waals surface area (Å²) in [6.45, 7) is 0.637. The normalized spacial score (nSPS) is 10.6. The number of fused-ring (bicyclic) bond motifs is 1. The number of thioether (sulfide) groups is 1. The zero-order valence-electron chi connectivity index (χ0n) is 18.6. The van der Waals surface area contributed by atoms with Gasteiger partial charge in [-0.25, -0.2) is 14.6 Å². The number of hydrogen-bond donors (Lipinski definition) is 2. The van der Waals surface area contributed by atoms with Gasteiger partial charge in [0.1, 0.15) is 23.1 Å². The maximum Gasteiger partial charge on any atom is 0.418 e. The third-order valence-electron chi connectivity index (χ3n) is 4.83. The Morgan fingerprint density at radius 2 is 1.82 bits per heavy atom. The number of aromatic nitrogens is 2. The van der Waals surface area contributed by atoms with Crippen molar-refractivity contribution in [2.45, 2.75) is 6.42 Å². The zero-order chi connectivity index (χ0) is 23.8. The number of benzene rings is 2. The van der Waals surface area contributed by atoms with Gasteiger partial charge in [0.25, 0.3) is 0 Å². The fourth-order valence-corrected chi connectivity index (χ4v) is 3.70. The van der Waals surface area contributed by atoms with Crippen molar-refractivity contribution in [3.63, 3.8) is 0 Å². The molecule has 0 aliphatic rings. The molecule has 0 spiro atoms. The summed E-state index contributed by atoms with van der Waals surface area (Å²) in [6, 6.07) is 19.2. The van der Waals surface area contributed by atoms with Gasteiger partial charge in [0, 0.05) is 30.4 Å². The monoisotopic (exact) mass is 476 g/mol. The van der Waals surface area contributed by atoms with Crippen LogP contribution in [0.2, 0.25) is 0 Å². The Hall–Kier alpha value is -3.98. The third kappa shape index (κ3) is 6.08. The Kier molecular flexibility index (Phi) is 7.67. The minimum Gasteiger partial charge on any atom is -0.457 e. The molecule has 2 amide bonds. The number of para-hydroxylation sites is 1. The van der Waals surface area contributed by atoms with E-state index in [4.69, 9.17) is 9.47 Å². The average molecular weight is 477 g/mol. The second-order valence-electron chi connectivity index (χ2n) is 7.29. The molecule has 8 nitrogen and oxygen atoms in total. The molecule has 34 heavy (non-hydrogen) atoms. The number of nitrogens with one attached hydrogen (secondary N) is 2. The Morgan fingerprint density at radius 1 is 1.00 bits per heavy atom. The molecule has 174 valence electrons. The lowest BCUT2D eigenvalue weighted by molar-refractivity contribution is 0.215. The molecule has 2 heterocycles. The molecule has 0 bridgehead atoms. The van der Waals surface area contributed by atoms with Crippen molar-refractivity contribution in [1.29, 1.82) is 0 Å². The van der Waals surface area contributed by atoms with Gasteiger partial charge in [-0.3, -0.25) is 9.88 Å². The number of nitrogens with zero attached hydrogens (tertiary/aromatic N) is 2. The second kappa shape index (κ2) is 11.2. The van der Waals surface area contributed by atoms with E-state index >= 15 is 0 Å². The van der Waals surface area contributed by atoms with Crippen LogP contribution in [0, 0.1) is 0 Å². The smallest absolute Gasteiger partial charge is 0.418 e. The average Bonchev–Trinajstić information content (AvgIpc) is 3.26. The van der Waals surface area contributed by atoms with E-state index in [9.17, 15) is 9.59 Å². The van der Waals surface area contributed by atoms with Gasteiger partial charge in [-0.2, -0.15) is 11.8 Å². The zero-order valence-corrected chi connectivity index (χ0v) is 19.4. The fourth-order valence-electron chi connectivity index (χ4n) is 3.26. The lowest BCUT2D eigenvalue weighted by atomic mass is 10.2. The molecule has 0 aliphatic heterocycles. The van der Waals surface area contributed by atoms with E-state index in [2.05, 4.69) is 15.6 Å². The van der Waals surface area contributed by atoms with Gasteiger partial charge in [-0.15, -0.1) is 0 Å². The first-order valence-corrected chi connectivity index (χ1v) is 12.1. The largest absolute Gasteiger partial charge is 0.457 e. The summed E-state index contributed by atoms with van der Waals surface area (Å²) in [6.07, 6.45) is 5.60. The molecule has 0 aliphatic carbocycles. The summed E-state index contributed by atoms with van der Waals surface area (Å²) in [5.41, 5.74) is 0.787. The Bertz CT molecular complexity index is 1280. The fraction of sp³-hybridized carbons (Fsp3) is 0.160. The molecular weight excluding hydrogens is 452 g/mol. The van der Waals surface area contributed by atoms with Gasteiger partial charge in [0.15, 0.2) is 0 Å². The quantitative estimate of drug-likeness (QED) is 0.315. The molecule has 2 N–H and O–H groups in total. The van der Waals surface area contributed by atoms with Crippen molar-refractivity contribution in [3.05, 3.63) is 79.1 Å². The molecule has 0 fully saturated rings. The number of hydrogen-bond acceptors (Lipinski definition) is 6. The highest BCUT2D eigenvalue weighted by molar-refractivity contribution is 7.98. The molecular formula is C25H24N4O4S. The topological polar surface area (TPSA) is 94.5 Å². The summed E-state index contributed by atoms with van der Waals surface area (Å²) in [5, 5.41) is 6.39. The lowest BCUT2D eigenvalue weighted by Gasteiger charge is -2.10. The van der Waals surface area contributed by atoms with Gasteiger partial charge < -0.3 is 14.8 Å². The van der Waals surface area contributed by atoms with Crippen molar-refractivity contribution < 1.29 is 19.1 Å². The lowest BCUT2D eigenvalue weighted by Crippen LogP contribution is -2.29.